The van der Waals surface area contributed by atoms with E-state index >= 15 is 0 Å². The SMILES string of the molecule is CCC1CCN(c2cncc(Cl)n2)C1. The quantitative estimate of drug-likeness (QED) is 0.752. The molecule has 1 unspecified atom stereocenters. The Morgan fingerprint density at radius 3 is 3.07 bits per heavy atom. The molecule has 1 aromatic rings. The van der Waals surface area contributed by atoms with E-state index in [1.165, 1.54) is 12.8 Å². The van der Waals surface area contributed by atoms with Crippen molar-refractivity contribution in [3.05, 3.63) is 17.5 Å². The fraction of sp³-hybridized carbons (Fsp3) is 0.600. The third-order valence-electron chi connectivity index (χ3n) is 2.78. The summed E-state index contributed by atoms with van der Waals surface area (Å²) in [5.41, 5.74) is 0. The zero-order chi connectivity index (χ0) is 9.97. The van der Waals surface area contributed by atoms with E-state index in [0.717, 1.165) is 24.8 Å². The van der Waals surface area contributed by atoms with Crippen LogP contribution in [0.4, 0.5) is 5.82 Å². The van der Waals surface area contributed by atoms with Gasteiger partial charge in [0.15, 0.2) is 0 Å². The first kappa shape index (κ1) is 9.71. The predicted molar refractivity (Wildman–Crippen MR) is 57.7 cm³/mol. The van der Waals surface area contributed by atoms with Crippen LogP contribution in [-0.2, 0) is 0 Å². The molecule has 76 valence electrons. The van der Waals surface area contributed by atoms with Gasteiger partial charge >= 0.3 is 0 Å². The minimum absolute atomic E-state index is 0.474. The largest absolute Gasteiger partial charge is 0.355 e. The van der Waals surface area contributed by atoms with Crippen molar-refractivity contribution < 1.29 is 0 Å². The summed E-state index contributed by atoms with van der Waals surface area (Å²) in [6.45, 7) is 4.40. The molecule has 14 heavy (non-hydrogen) atoms. The number of hydrogen-bond acceptors (Lipinski definition) is 3. The average Bonchev–Trinajstić information content (AvgIpc) is 2.66. The lowest BCUT2D eigenvalue weighted by molar-refractivity contribution is 0.568. The summed E-state index contributed by atoms with van der Waals surface area (Å²) in [6.07, 6.45) is 5.84. The van der Waals surface area contributed by atoms with Crippen LogP contribution in [0.1, 0.15) is 19.8 Å². The van der Waals surface area contributed by atoms with Crippen LogP contribution in [0.5, 0.6) is 0 Å². The molecule has 1 aromatic heterocycles. The number of rotatable bonds is 2. The molecule has 1 aliphatic heterocycles. The summed E-state index contributed by atoms with van der Waals surface area (Å²) >= 11 is 5.79. The van der Waals surface area contributed by atoms with Crippen LogP contribution >= 0.6 is 11.6 Å². The van der Waals surface area contributed by atoms with E-state index in [1.54, 1.807) is 12.4 Å². The molecule has 4 heteroatoms. The summed E-state index contributed by atoms with van der Waals surface area (Å²) in [6, 6.07) is 0. The zero-order valence-electron chi connectivity index (χ0n) is 8.28. The Morgan fingerprint density at radius 2 is 2.43 bits per heavy atom. The number of nitrogens with zero attached hydrogens (tertiary/aromatic N) is 3. The van der Waals surface area contributed by atoms with Gasteiger partial charge in [0.25, 0.3) is 0 Å². The standard InChI is InChI=1S/C10H14ClN3/c1-2-8-3-4-14(7-8)10-6-12-5-9(11)13-10/h5-6,8H,2-4,7H2,1H3. The van der Waals surface area contributed by atoms with Gasteiger partial charge < -0.3 is 4.90 Å². The van der Waals surface area contributed by atoms with Crippen LogP contribution in [0.25, 0.3) is 0 Å². The van der Waals surface area contributed by atoms with Crippen molar-refractivity contribution in [1.29, 1.82) is 0 Å². The smallest absolute Gasteiger partial charge is 0.149 e. The summed E-state index contributed by atoms with van der Waals surface area (Å²) in [5.74, 6) is 1.71. The molecule has 3 nitrogen and oxygen atoms in total. The summed E-state index contributed by atoms with van der Waals surface area (Å²) < 4.78 is 0. The Morgan fingerprint density at radius 1 is 1.57 bits per heavy atom. The van der Waals surface area contributed by atoms with E-state index in [9.17, 15) is 0 Å². The normalized spacial score (nSPS) is 21.6. The van der Waals surface area contributed by atoms with Crippen molar-refractivity contribution >= 4 is 17.4 Å². The second-order valence-corrected chi connectivity index (χ2v) is 4.10. The highest BCUT2D eigenvalue weighted by atomic mass is 35.5. The monoisotopic (exact) mass is 211 g/mol. The summed E-state index contributed by atoms with van der Waals surface area (Å²) in [7, 11) is 0. The van der Waals surface area contributed by atoms with Gasteiger partial charge in [-0.1, -0.05) is 24.9 Å². The highest BCUT2D eigenvalue weighted by molar-refractivity contribution is 6.29. The van der Waals surface area contributed by atoms with Crippen molar-refractivity contribution in [2.45, 2.75) is 19.8 Å². The Kier molecular flexibility index (Phi) is 2.87. The van der Waals surface area contributed by atoms with E-state index < -0.39 is 0 Å². The van der Waals surface area contributed by atoms with Gasteiger partial charge in [-0.25, -0.2) is 4.98 Å². The second-order valence-electron chi connectivity index (χ2n) is 3.71. The van der Waals surface area contributed by atoms with Gasteiger partial charge in [0, 0.05) is 13.1 Å². The van der Waals surface area contributed by atoms with Gasteiger partial charge in [0.1, 0.15) is 11.0 Å². The van der Waals surface area contributed by atoms with Crippen molar-refractivity contribution in [3.63, 3.8) is 0 Å². The molecule has 2 heterocycles. The molecule has 0 saturated carbocycles. The fourth-order valence-electron chi connectivity index (χ4n) is 1.86. The zero-order valence-corrected chi connectivity index (χ0v) is 9.04. The second kappa shape index (κ2) is 4.13. The summed E-state index contributed by atoms with van der Waals surface area (Å²) in [4.78, 5) is 10.6. The average molecular weight is 212 g/mol. The third-order valence-corrected chi connectivity index (χ3v) is 2.96. The fourth-order valence-corrected chi connectivity index (χ4v) is 2.00. The molecule has 1 atom stereocenters. The highest BCUT2D eigenvalue weighted by Crippen LogP contribution is 2.23. The van der Waals surface area contributed by atoms with E-state index in [1.807, 2.05) is 0 Å². The van der Waals surface area contributed by atoms with Gasteiger partial charge in [0.05, 0.1) is 12.4 Å². The Bertz CT molecular complexity index is 316. The molecule has 0 aromatic carbocycles. The van der Waals surface area contributed by atoms with Crippen molar-refractivity contribution in [3.8, 4) is 0 Å². The lowest BCUT2D eigenvalue weighted by Gasteiger charge is -2.16. The molecule has 0 radical (unpaired) electrons. The van der Waals surface area contributed by atoms with Crippen LogP contribution in [-0.4, -0.2) is 23.1 Å². The van der Waals surface area contributed by atoms with Crippen LogP contribution in [0, 0.1) is 5.92 Å². The molecule has 1 saturated heterocycles. The van der Waals surface area contributed by atoms with Crippen LogP contribution in [0.3, 0.4) is 0 Å². The molecule has 0 spiro atoms. The topological polar surface area (TPSA) is 29.0 Å². The van der Waals surface area contributed by atoms with E-state index in [4.69, 9.17) is 11.6 Å². The maximum absolute atomic E-state index is 5.79. The lowest BCUT2D eigenvalue weighted by Crippen LogP contribution is -2.20. The van der Waals surface area contributed by atoms with Crippen molar-refractivity contribution in [2.75, 3.05) is 18.0 Å². The number of anilines is 1. The first-order valence-electron chi connectivity index (χ1n) is 5.02. The van der Waals surface area contributed by atoms with E-state index in [0.29, 0.717) is 5.15 Å². The summed E-state index contributed by atoms with van der Waals surface area (Å²) in [5, 5.41) is 0.474. The maximum atomic E-state index is 5.79. The van der Waals surface area contributed by atoms with Crippen molar-refractivity contribution in [1.82, 2.24) is 9.97 Å². The molecule has 1 aliphatic rings. The molecule has 0 aliphatic carbocycles. The van der Waals surface area contributed by atoms with Gasteiger partial charge in [0.2, 0.25) is 0 Å². The first-order valence-corrected chi connectivity index (χ1v) is 5.40. The van der Waals surface area contributed by atoms with Crippen LogP contribution in [0.2, 0.25) is 5.15 Å². The third kappa shape index (κ3) is 1.98. The predicted octanol–water partition coefficient (Wildman–Crippen LogP) is 2.37. The molecule has 0 amide bonds. The maximum Gasteiger partial charge on any atom is 0.149 e. The van der Waals surface area contributed by atoms with E-state index in [-0.39, 0.29) is 0 Å². The molecule has 0 N–H and O–H groups in total. The molecule has 2 rings (SSSR count). The van der Waals surface area contributed by atoms with Crippen molar-refractivity contribution in [2.24, 2.45) is 5.92 Å². The molecular formula is C10H14ClN3. The number of aromatic nitrogens is 2. The molecular weight excluding hydrogens is 198 g/mol. The van der Waals surface area contributed by atoms with E-state index in [2.05, 4.69) is 21.8 Å². The Hall–Kier alpha value is -0.830. The van der Waals surface area contributed by atoms with Gasteiger partial charge in [-0.05, 0) is 12.3 Å². The van der Waals surface area contributed by atoms with Gasteiger partial charge in [-0.15, -0.1) is 0 Å². The molecule has 0 bridgehead atoms. The minimum Gasteiger partial charge on any atom is -0.355 e. The lowest BCUT2D eigenvalue weighted by atomic mass is 10.1. The van der Waals surface area contributed by atoms with Gasteiger partial charge in [-0.3, -0.25) is 4.98 Å². The van der Waals surface area contributed by atoms with Crippen LogP contribution < -0.4 is 4.90 Å². The first-order chi connectivity index (χ1) is 6.79. The number of hydrogen-bond donors (Lipinski definition) is 0. The minimum atomic E-state index is 0.474. The van der Waals surface area contributed by atoms with Crippen LogP contribution in [0.15, 0.2) is 12.4 Å². The van der Waals surface area contributed by atoms with Gasteiger partial charge in [-0.2, -0.15) is 0 Å². The molecule has 1 fully saturated rings. The highest BCUT2D eigenvalue weighted by Gasteiger charge is 2.22. The Labute approximate surface area is 89.1 Å². The number of halogens is 1. The Balaban J connectivity index is 2.09.